The van der Waals surface area contributed by atoms with Crippen LogP contribution in [0.3, 0.4) is 0 Å². The molecule has 0 radical (unpaired) electrons. The molecule has 2 N–H and O–H groups in total. The molecule has 2 saturated carbocycles. The lowest BCUT2D eigenvalue weighted by Gasteiger charge is -2.61. The Hall–Kier alpha value is -1.97. The van der Waals surface area contributed by atoms with Crippen LogP contribution in [0, 0.1) is 35.5 Å². The third-order valence-corrected chi connectivity index (χ3v) is 9.20. The van der Waals surface area contributed by atoms with Crippen LogP contribution in [-0.2, 0) is 11.2 Å². The van der Waals surface area contributed by atoms with Crippen LogP contribution in [-0.4, -0.2) is 23.3 Å². The van der Waals surface area contributed by atoms with Crippen LogP contribution in [0.4, 0.5) is 0 Å². The second-order valence-electron chi connectivity index (χ2n) is 11.2. The molecule has 2 aliphatic carbocycles. The van der Waals surface area contributed by atoms with Crippen LogP contribution in [0.15, 0.2) is 23.3 Å². The average Bonchev–Trinajstić information content (AvgIpc) is 2.72. The minimum absolute atomic E-state index is 0.0257. The fourth-order valence-corrected chi connectivity index (χ4v) is 7.22. The fourth-order valence-electron chi connectivity index (χ4n) is 7.22. The lowest BCUT2D eigenvalue weighted by atomic mass is 9.43. The second-order valence-corrected chi connectivity index (χ2v) is 11.2. The van der Waals surface area contributed by atoms with Crippen molar-refractivity contribution in [1.29, 1.82) is 0 Å². The number of hydrogen-bond donors (Lipinski definition) is 2. The quantitative estimate of drug-likeness (QED) is 0.469. The molecule has 0 aliphatic heterocycles. The molecule has 0 unspecified atom stereocenters. The van der Waals surface area contributed by atoms with E-state index in [4.69, 9.17) is 4.74 Å². The van der Waals surface area contributed by atoms with Crippen molar-refractivity contribution in [2.75, 3.05) is 7.11 Å². The zero-order valence-electron chi connectivity index (χ0n) is 21.0. The van der Waals surface area contributed by atoms with E-state index in [0.717, 1.165) is 55.4 Å². The number of carboxylic acids is 1. The number of aromatic hydroxyl groups is 1. The zero-order chi connectivity index (χ0) is 23.8. The van der Waals surface area contributed by atoms with Crippen LogP contribution in [0.1, 0.15) is 84.3 Å². The number of carbonyl (C=O) groups is 1. The normalized spacial score (nSPS) is 32.3. The van der Waals surface area contributed by atoms with Gasteiger partial charge in [-0.05, 0) is 111 Å². The van der Waals surface area contributed by atoms with Gasteiger partial charge in [0.25, 0.3) is 0 Å². The Morgan fingerprint density at radius 1 is 1.22 bits per heavy atom. The van der Waals surface area contributed by atoms with Gasteiger partial charge in [-0.1, -0.05) is 31.9 Å². The Balaban J connectivity index is 2.04. The number of methoxy groups -OCH3 is 1. The number of aryl methyl sites for hydroxylation is 1. The molecule has 1 aromatic rings. The summed E-state index contributed by atoms with van der Waals surface area (Å²) in [5.74, 6) is 1.79. The second kappa shape index (κ2) is 9.11. The molecular formula is C28H42O4. The van der Waals surface area contributed by atoms with Gasteiger partial charge in [0, 0.05) is 6.42 Å². The van der Waals surface area contributed by atoms with E-state index in [0.29, 0.717) is 23.5 Å². The lowest BCUT2D eigenvalue weighted by molar-refractivity contribution is -0.138. The Morgan fingerprint density at radius 2 is 1.91 bits per heavy atom. The first-order valence-electron chi connectivity index (χ1n) is 12.2. The molecule has 0 spiro atoms. The Kier molecular flexibility index (Phi) is 7.02. The van der Waals surface area contributed by atoms with Crippen molar-refractivity contribution in [2.45, 2.75) is 86.5 Å². The molecule has 0 heterocycles. The van der Waals surface area contributed by atoms with Gasteiger partial charge in [-0.3, -0.25) is 4.79 Å². The van der Waals surface area contributed by atoms with Crippen molar-refractivity contribution < 1.29 is 19.7 Å². The first kappa shape index (κ1) is 24.7. The standard InChI is InChI=1S/C28H42O4/c1-17(2)22-8-10-24-27(5,23(22)9-11-25(29)30)13-12-19(4)28(24,6)16-20-15-21(32-7)14-18(3)26(20)31/h14-15,19,23-24,31H,8-13,16H2,1-7H3,(H,29,30)/t19-,23-,24-,27+,28-/m1/s1. The Labute approximate surface area is 194 Å². The van der Waals surface area contributed by atoms with E-state index in [9.17, 15) is 15.0 Å². The van der Waals surface area contributed by atoms with E-state index < -0.39 is 5.97 Å². The summed E-state index contributed by atoms with van der Waals surface area (Å²) in [5, 5.41) is 20.3. The topological polar surface area (TPSA) is 66.8 Å². The predicted molar refractivity (Wildman–Crippen MR) is 129 cm³/mol. The molecule has 3 rings (SSSR count). The van der Waals surface area contributed by atoms with Gasteiger partial charge in [0.05, 0.1) is 7.11 Å². The number of phenolic OH excluding ortho intramolecular Hbond substituents is 1. The van der Waals surface area contributed by atoms with Crippen LogP contribution in [0.5, 0.6) is 11.5 Å². The molecule has 178 valence electrons. The molecule has 0 bridgehead atoms. The number of carboxylic acid groups (broad SMARTS) is 1. The molecular weight excluding hydrogens is 400 g/mol. The summed E-state index contributed by atoms with van der Waals surface area (Å²) in [6.07, 6.45) is 6.21. The summed E-state index contributed by atoms with van der Waals surface area (Å²) >= 11 is 0. The summed E-state index contributed by atoms with van der Waals surface area (Å²) < 4.78 is 5.51. The zero-order valence-corrected chi connectivity index (χ0v) is 21.0. The lowest BCUT2D eigenvalue weighted by Crippen LogP contribution is -2.54. The largest absolute Gasteiger partial charge is 0.507 e. The predicted octanol–water partition coefficient (Wildman–Crippen LogP) is 6.92. The number of allylic oxidation sites excluding steroid dienone is 2. The highest BCUT2D eigenvalue weighted by Gasteiger charge is 2.57. The highest BCUT2D eigenvalue weighted by molar-refractivity contribution is 5.66. The first-order valence-corrected chi connectivity index (χ1v) is 12.2. The number of ether oxygens (including phenoxy) is 1. The highest BCUT2D eigenvalue weighted by atomic mass is 16.5. The monoisotopic (exact) mass is 442 g/mol. The van der Waals surface area contributed by atoms with Gasteiger partial charge in [-0.25, -0.2) is 0 Å². The molecule has 0 aromatic heterocycles. The minimum atomic E-state index is -0.701. The Bertz CT molecular complexity index is 897. The van der Waals surface area contributed by atoms with E-state index in [2.05, 4.69) is 34.6 Å². The van der Waals surface area contributed by atoms with E-state index >= 15 is 0 Å². The highest BCUT2D eigenvalue weighted by Crippen LogP contribution is 2.65. The first-order chi connectivity index (χ1) is 14.9. The maximum Gasteiger partial charge on any atom is 0.303 e. The summed E-state index contributed by atoms with van der Waals surface area (Å²) in [6.45, 7) is 13.5. The van der Waals surface area contributed by atoms with Gasteiger partial charge >= 0.3 is 5.97 Å². The summed E-state index contributed by atoms with van der Waals surface area (Å²) in [7, 11) is 1.67. The van der Waals surface area contributed by atoms with Gasteiger partial charge in [0.15, 0.2) is 0 Å². The molecule has 0 saturated heterocycles. The van der Waals surface area contributed by atoms with Crippen molar-refractivity contribution in [3.63, 3.8) is 0 Å². The van der Waals surface area contributed by atoms with Crippen LogP contribution < -0.4 is 4.74 Å². The van der Waals surface area contributed by atoms with Gasteiger partial charge in [0.1, 0.15) is 11.5 Å². The molecule has 0 amide bonds. The van der Waals surface area contributed by atoms with Gasteiger partial charge < -0.3 is 14.9 Å². The Morgan fingerprint density at radius 3 is 2.50 bits per heavy atom. The van der Waals surface area contributed by atoms with E-state index in [1.165, 1.54) is 11.1 Å². The number of hydrogen-bond acceptors (Lipinski definition) is 3. The molecule has 2 fully saturated rings. The minimum Gasteiger partial charge on any atom is -0.507 e. The van der Waals surface area contributed by atoms with E-state index in [-0.39, 0.29) is 17.3 Å². The molecule has 4 heteroatoms. The van der Waals surface area contributed by atoms with Crippen LogP contribution >= 0.6 is 0 Å². The summed E-state index contributed by atoms with van der Waals surface area (Å²) in [4.78, 5) is 11.5. The van der Waals surface area contributed by atoms with Gasteiger partial charge in [0.2, 0.25) is 0 Å². The fraction of sp³-hybridized carbons (Fsp3) is 0.679. The maximum absolute atomic E-state index is 11.5. The third-order valence-electron chi connectivity index (χ3n) is 9.20. The smallest absolute Gasteiger partial charge is 0.303 e. The maximum atomic E-state index is 11.5. The molecule has 2 aliphatic rings. The van der Waals surface area contributed by atoms with Crippen molar-refractivity contribution in [3.8, 4) is 11.5 Å². The summed E-state index contributed by atoms with van der Waals surface area (Å²) in [5.41, 5.74) is 4.77. The van der Waals surface area contributed by atoms with E-state index in [1.807, 2.05) is 19.1 Å². The van der Waals surface area contributed by atoms with Gasteiger partial charge in [-0.15, -0.1) is 0 Å². The van der Waals surface area contributed by atoms with Crippen molar-refractivity contribution >= 4 is 5.97 Å². The number of fused-ring (bicyclic) bond motifs is 1. The van der Waals surface area contributed by atoms with E-state index in [1.54, 1.807) is 7.11 Å². The average molecular weight is 443 g/mol. The van der Waals surface area contributed by atoms with Crippen LogP contribution in [0.25, 0.3) is 0 Å². The van der Waals surface area contributed by atoms with Gasteiger partial charge in [-0.2, -0.15) is 0 Å². The van der Waals surface area contributed by atoms with Crippen LogP contribution in [0.2, 0.25) is 0 Å². The van der Waals surface area contributed by atoms with Crippen molar-refractivity contribution in [2.24, 2.45) is 28.6 Å². The molecule has 5 atom stereocenters. The molecule has 4 nitrogen and oxygen atoms in total. The third kappa shape index (κ3) is 4.30. The SMILES string of the molecule is COc1cc(C)c(O)c(C[C@@]2(C)[C@@H]3CCC(=C(C)C)[C@@H](CCC(=O)O)[C@]3(C)CC[C@H]2C)c1. The number of benzene rings is 1. The van der Waals surface area contributed by atoms with Crippen molar-refractivity contribution in [3.05, 3.63) is 34.4 Å². The summed E-state index contributed by atoms with van der Waals surface area (Å²) in [6, 6.07) is 3.89. The van der Waals surface area contributed by atoms with Crippen molar-refractivity contribution in [1.82, 2.24) is 0 Å². The molecule has 32 heavy (non-hydrogen) atoms. The number of phenols is 1. The number of aliphatic carboxylic acids is 1. The molecule has 1 aromatic carbocycles. The number of rotatable bonds is 6.